The fourth-order valence-corrected chi connectivity index (χ4v) is 8.40. The number of hydrogen-bond acceptors (Lipinski definition) is 4. The van der Waals surface area contributed by atoms with Crippen LogP contribution in [0.3, 0.4) is 0 Å². The van der Waals surface area contributed by atoms with E-state index in [1.54, 1.807) is 7.11 Å². The summed E-state index contributed by atoms with van der Waals surface area (Å²) in [6.45, 7) is 9.58. The van der Waals surface area contributed by atoms with Crippen LogP contribution in [-0.4, -0.2) is 43.8 Å². The summed E-state index contributed by atoms with van der Waals surface area (Å²) in [5, 5.41) is 10.9. The van der Waals surface area contributed by atoms with E-state index in [0.717, 1.165) is 37.5 Å². The third-order valence-corrected chi connectivity index (χ3v) is 9.51. The molecule has 8 atom stereocenters. The Labute approximate surface area is 180 Å². The Balaban J connectivity index is 1.88. The number of carbonyl (C=O) groups is 2. The predicted octanol–water partition coefficient (Wildman–Crippen LogP) is 4.35. The lowest BCUT2D eigenvalue weighted by atomic mass is 9.43. The van der Waals surface area contributed by atoms with Crippen LogP contribution in [0.15, 0.2) is 11.6 Å². The van der Waals surface area contributed by atoms with E-state index in [2.05, 4.69) is 33.8 Å². The number of aldehydes is 1. The molecule has 4 aliphatic rings. The Bertz CT molecular complexity index is 744. The van der Waals surface area contributed by atoms with E-state index in [0.29, 0.717) is 31.5 Å². The molecule has 3 fully saturated rings. The van der Waals surface area contributed by atoms with Gasteiger partial charge in [-0.3, -0.25) is 4.79 Å². The maximum Gasteiger partial charge on any atom is 0.315 e. The second-order valence-corrected chi connectivity index (χ2v) is 10.7. The molecule has 4 aliphatic carbocycles. The molecule has 0 aliphatic heterocycles. The molecule has 0 spiro atoms. The minimum Gasteiger partial charge on any atom is -0.481 e. The number of fused-ring (bicyclic) bond motifs is 2. The van der Waals surface area contributed by atoms with Gasteiger partial charge in [-0.2, -0.15) is 0 Å². The minimum atomic E-state index is -1.16. The van der Waals surface area contributed by atoms with Gasteiger partial charge in [-0.25, -0.2) is 0 Å². The van der Waals surface area contributed by atoms with Crippen LogP contribution in [0.1, 0.15) is 59.8 Å². The smallest absolute Gasteiger partial charge is 0.315 e. The molecule has 0 aromatic heterocycles. The maximum atomic E-state index is 13.3. The average molecular weight is 419 g/mol. The second kappa shape index (κ2) is 7.44. The van der Waals surface area contributed by atoms with Gasteiger partial charge in [-0.05, 0) is 55.3 Å². The predicted molar refractivity (Wildman–Crippen MR) is 114 cm³/mol. The summed E-state index contributed by atoms with van der Waals surface area (Å²) >= 11 is 0. The van der Waals surface area contributed by atoms with Crippen molar-refractivity contribution in [3.8, 4) is 0 Å². The van der Waals surface area contributed by atoms with Crippen molar-refractivity contribution in [2.45, 2.75) is 65.9 Å². The van der Waals surface area contributed by atoms with E-state index < -0.39 is 22.2 Å². The summed E-state index contributed by atoms with van der Waals surface area (Å²) < 4.78 is 12.0. The Morgan fingerprint density at radius 2 is 2.10 bits per heavy atom. The van der Waals surface area contributed by atoms with Crippen LogP contribution in [0.5, 0.6) is 0 Å². The Morgan fingerprint density at radius 1 is 1.37 bits per heavy atom. The highest BCUT2D eigenvalue weighted by Gasteiger charge is 2.84. The molecule has 0 aromatic rings. The zero-order valence-electron chi connectivity index (χ0n) is 19.1. The van der Waals surface area contributed by atoms with Crippen molar-refractivity contribution in [2.24, 2.45) is 45.8 Å². The SMILES string of the molecule is CCCCOC[C@@]12CC3C(C)C(OC)CC3[C@@]3(C=O)C[C@@H]1C=C(C(C)C)[C@@]23C(=O)O. The molecule has 3 saturated carbocycles. The first kappa shape index (κ1) is 22.0. The van der Waals surface area contributed by atoms with Gasteiger partial charge < -0.3 is 19.4 Å². The number of unbranched alkanes of at least 4 members (excludes halogenated alkanes) is 1. The zero-order chi connectivity index (χ0) is 21.9. The number of aliphatic carboxylic acids is 1. The molecule has 30 heavy (non-hydrogen) atoms. The van der Waals surface area contributed by atoms with Crippen LogP contribution < -0.4 is 0 Å². The lowest BCUT2D eigenvalue weighted by Crippen LogP contribution is -2.63. The number of allylic oxidation sites excluding steroid dienone is 1. The summed E-state index contributed by atoms with van der Waals surface area (Å²) in [5.41, 5.74) is -1.60. The number of carboxylic acid groups (broad SMARTS) is 1. The van der Waals surface area contributed by atoms with Crippen molar-refractivity contribution >= 4 is 12.3 Å². The third kappa shape index (κ3) is 2.37. The number of ether oxygens (including phenoxy) is 2. The van der Waals surface area contributed by atoms with Gasteiger partial charge in [-0.15, -0.1) is 0 Å². The molecule has 4 rings (SSSR count). The molecule has 0 saturated heterocycles. The van der Waals surface area contributed by atoms with Crippen LogP contribution in [0.4, 0.5) is 0 Å². The number of hydrogen-bond donors (Lipinski definition) is 1. The molecule has 0 amide bonds. The molecule has 0 heterocycles. The summed E-state index contributed by atoms with van der Waals surface area (Å²) in [7, 11) is 1.74. The van der Waals surface area contributed by atoms with Gasteiger partial charge in [0, 0.05) is 19.1 Å². The fourth-order valence-electron chi connectivity index (χ4n) is 8.40. The fraction of sp³-hybridized carbons (Fsp3) is 0.840. The normalized spacial score (nSPS) is 46.2. The molecule has 168 valence electrons. The van der Waals surface area contributed by atoms with Crippen molar-refractivity contribution in [1.82, 2.24) is 0 Å². The Hall–Kier alpha value is -1.20. The lowest BCUT2D eigenvalue weighted by molar-refractivity contribution is -0.186. The first-order valence-electron chi connectivity index (χ1n) is 11.8. The van der Waals surface area contributed by atoms with Gasteiger partial charge in [0.25, 0.3) is 0 Å². The molecule has 4 bridgehead atoms. The second-order valence-electron chi connectivity index (χ2n) is 10.7. The quantitative estimate of drug-likeness (QED) is 0.342. The number of carbonyl (C=O) groups excluding carboxylic acids is 1. The molecular weight excluding hydrogens is 380 g/mol. The van der Waals surface area contributed by atoms with Crippen molar-refractivity contribution in [1.29, 1.82) is 0 Å². The topological polar surface area (TPSA) is 72.8 Å². The van der Waals surface area contributed by atoms with Gasteiger partial charge in [0.15, 0.2) is 0 Å². The summed E-state index contributed by atoms with van der Waals surface area (Å²) in [6.07, 6.45) is 7.61. The molecule has 5 heteroatoms. The number of methoxy groups -OCH3 is 1. The molecule has 4 unspecified atom stereocenters. The summed E-state index contributed by atoms with van der Waals surface area (Å²) in [6, 6.07) is 0. The van der Waals surface area contributed by atoms with Crippen molar-refractivity contribution in [2.75, 3.05) is 20.3 Å². The van der Waals surface area contributed by atoms with Crippen LogP contribution in [0.2, 0.25) is 0 Å². The largest absolute Gasteiger partial charge is 0.481 e. The highest BCUT2D eigenvalue weighted by molar-refractivity contribution is 5.90. The third-order valence-electron chi connectivity index (χ3n) is 9.51. The van der Waals surface area contributed by atoms with E-state index in [9.17, 15) is 14.7 Å². The van der Waals surface area contributed by atoms with Crippen molar-refractivity contribution < 1.29 is 24.2 Å². The van der Waals surface area contributed by atoms with Gasteiger partial charge in [-0.1, -0.05) is 45.8 Å². The molecule has 0 aromatic carbocycles. The average Bonchev–Trinajstić information content (AvgIpc) is 3.25. The number of rotatable bonds is 9. The van der Waals surface area contributed by atoms with Crippen molar-refractivity contribution in [3.05, 3.63) is 11.6 Å². The van der Waals surface area contributed by atoms with Crippen LogP contribution >= 0.6 is 0 Å². The Morgan fingerprint density at radius 3 is 2.67 bits per heavy atom. The van der Waals surface area contributed by atoms with Gasteiger partial charge in [0.1, 0.15) is 11.7 Å². The van der Waals surface area contributed by atoms with E-state index in [1.165, 1.54) is 0 Å². The Kier molecular flexibility index (Phi) is 5.46. The van der Waals surface area contributed by atoms with Crippen molar-refractivity contribution in [3.63, 3.8) is 0 Å². The minimum absolute atomic E-state index is 0.0577. The standard InChI is InChI=1S/C25H38O5/c1-6-7-8-30-14-24-12-18-16(4)21(29-5)10-20(18)23(13-26)11-17(24)9-19(15(2)3)25(23,24)22(27)28/h9,13,15-18,20-21H,6-8,10-12,14H2,1-5H3,(H,27,28)/t16?,17-,18?,20?,21?,23-,24-,25-/m0/s1. The van der Waals surface area contributed by atoms with Gasteiger partial charge >= 0.3 is 5.97 Å². The van der Waals surface area contributed by atoms with E-state index in [4.69, 9.17) is 9.47 Å². The van der Waals surface area contributed by atoms with Crippen LogP contribution in [0.25, 0.3) is 0 Å². The molecule has 0 radical (unpaired) electrons. The van der Waals surface area contributed by atoms with E-state index in [-0.39, 0.29) is 23.9 Å². The lowest BCUT2D eigenvalue weighted by Gasteiger charge is -2.58. The zero-order valence-corrected chi connectivity index (χ0v) is 19.1. The van der Waals surface area contributed by atoms with Crippen LogP contribution in [0, 0.1) is 45.8 Å². The van der Waals surface area contributed by atoms with Gasteiger partial charge in [0.05, 0.1) is 18.1 Å². The molecule has 1 N–H and O–H groups in total. The van der Waals surface area contributed by atoms with E-state index >= 15 is 0 Å². The van der Waals surface area contributed by atoms with Crippen LogP contribution in [-0.2, 0) is 19.1 Å². The summed E-state index contributed by atoms with van der Waals surface area (Å²) in [5.74, 6) is 0.0432. The molecule has 5 nitrogen and oxygen atoms in total. The summed E-state index contributed by atoms with van der Waals surface area (Å²) in [4.78, 5) is 26.3. The number of carboxylic acids is 1. The first-order chi connectivity index (χ1) is 14.3. The maximum absolute atomic E-state index is 13.3. The first-order valence-corrected chi connectivity index (χ1v) is 11.8. The monoisotopic (exact) mass is 418 g/mol. The molecular formula is C25H38O5. The van der Waals surface area contributed by atoms with Gasteiger partial charge in [0.2, 0.25) is 0 Å². The van der Waals surface area contributed by atoms with E-state index in [1.807, 2.05) is 0 Å². The highest BCUT2D eigenvalue weighted by atomic mass is 16.5. The highest BCUT2D eigenvalue weighted by Crippen LogP contribution is 2.82.